The number of aryl methyl sites for hydroxylation is 1. The maximum Gasteiger partial charge on any atom is 0.110 e. The highest BCUT2D eigenvalue weighted by atomic mass is 16.3. The standard InChI is InChI=1S/C24H29N3O/c1-18-25-21(23-13-7-8-15-27(18)23)17-26-16-14-24(28,19-9-3-2-4-10-19)20-11-5-6-12-22(20)26/h2-4,7-10,13,15,20,22,28H,5-6,11-12,14,16-17H2,1H3/t20-,22-,24+/m1/s1. The topological polar surface area (TPSA) is 40.8 Å². The Labute approximate surface area is 166 Å². The van der Waals surface area contributed by atoms with Gasteiger partial charge in [0.2, 0.25) is 0 Å². The number of aliphatic hydroxyl groups is 1. The maximum atomic E-state index is 11.8. The molecule has 1 aromatic carbocycles. The zero-order chi connectivity index (χ0) is 19.1. The molecule has 2 aromatic heterocycles. The Morgan fingerprint density at radius 1 is 1.07 bits per heavy atom. The number of hydrogen-bond acceptors (Lipinski definition) is 3. The molecule has 0 unspecified atom stereocenters. The van der Waals surface area contributed by atoms with Gasteiger partial charge >= 0.3 is 0 Å². The van der Waals surface area contributed by atoms with Crippen LogP contribution in [0.1, 0.15) is 49.2 Å². The van der Waals surface area contributed by atoms with Crippen molar-refractivity contribution in [3.05, 3.63) is 71.8 Å². The minimum Gasteiger partial charge on any atom is -0.385 e. The van der Waals surface area contributed by atoms with E-state index in [2.05, 4.69) is 64.9 Å². The Hall–Kier alpha value is -2.17. The summed E-state index contributed by atoms with van der Waals surface area (Å²) in [5.41, 5.74) is 2.76. The van der Waals surface area contributed by atoms with E-state index in [0.29, 0.717) is 12.0 Å². The van der Waals surface area contributed by atoms with Crippen LogP contribution < -0.4 is 0 Å². The molecule has 3 aromatic rings. The minimum atomic E-state index is -0.699. The molecule has 5 rings (SSSR count). The maximum absolute atomic E-state index is 11.8. The summed E-state index contributed by atoms with van der Waals surface area (Å²) in [5, 5.41) is 11.8. The molecule has 1 N–H and O–H groups in total. The monoisotopic (exact) mass is 375 g/mol. The molecule has 3 atom stereocenters. The zero-order valence-corrected chi connectivity index (χ0v) is 16.6. The van der Waals surface area contributed by atoms with Gasteiger partial charge in [-0.15, -0.1) is 0 Å². The van der Waals surface area contributed by atoms with Crippen molar-refractivity contribution in [2.45, 2.75) is 57.2 Å². The van der Waals surface area contributed by atoms with Gasteiger partial charge in [0.25, 0.3) is 0 Å². The molecule has 1 saturated carbocycles. The molecule has 146 valence electrons. The van der Waals surface area contributed by atoms with Gasteiger partial charge in [-0.2, -0.15) is 0 Å². The first-order valence-electron chi connectivity index (χ1n) is 10.6. The van der Waals surface area contributed by atoms with E-state index in [1.54, 1.807) is 0 Å². The van der Waals surface area contributed by atoms with E-state index in [4.69, 9.17) is 4.98 Å². The molecule has 28 heavy (non-hydrogen) atoms. The predicted molar refractivity (Wildman–Crippen MR) is 111 cm³/mol. The van der Waals surface area contributed by atoms with Crippen molar-refractivity contribution in [1.29, 1.82) is 0 Å². The largest absolute Gasteiger partial charge is 0.385 e. The van der Waals surface area contributed by atoms with E-state index in [9.17, 15) is 5.11 Å². The van der Waals surface area contributed by atoms with Gasteiger partial charge in [0.1, 0.15) is 5.82 Å². The lowest BCUT2D eigenvalue weighted by Gasteiger charge is -2.52. The lowest BCUT2D eigenvalue weighted by Crippen LogP contribution is -2.57. The Kier molecular flexibility index (Phi) is 4.48. The van der Waals surface area contributed by atoms with E-state index >= 15 is 0 Å². The number of aromatic nitrogens is 2. The third-order valence-corrected chi connectivity index (χ3v) is 7.02. The average Bonchev–Trinajstić information content (AvgIpc) is 3.07. The summed E-state index contributed by atoms with van der Waals surface area (Å²) in [6.07, 6.45) is 7.64. The van der Waals surface area contributed by atoms with Crippen LogP contribution in [0.15, 0.2) is 54.7 Å². The molecule has 4 nitrogen and oxygen atoms in total. The number of imidazole rings is 1. The highest BCUT2D eigenvalue weighted by Gasteiger charge is 2.49. The van der Waals surface area contributed by atoms with Crippen LogP contribution >= 0.6 is 0 Å². The number of likely N-dealkylation sites (tertiary alicyclic amines) is 1. The quantitative estimate of drug-likeness (QED) is 0.742. The third kappa shape index (κ3) is 2.87. The van der Waals surface area contributed by atoms with Crippen LogP contribution in [0.2, 0.25) is 0 Å². The molecule has 3 heterocycles. The van der Waals surface area contributed by atoms with E-state index in [0.717, 1.165) is 43.0 Å². The first kappa shape index (κ1) is 17.9. The van der Waals surface area contributed by atoms with Crippen molar-refractivity contribution in [2.75, 3.05) is 6.54 Å². The summed E-state index contributed by atoms with van der Waals surface area (Å²) in [7, 11) is 0. The molecule has 1 aliphatic heterocycles. The second kappa shape index (κ2) is 7.02. The van der Waals surface area contributed by atoms with Gasteiger partial charge < -0.3 is 9.51 Å². The molecule has 4 heteroatoms. The Balaban J connectivity index is 1.46. The van der Waals surface area contributed by atoms with E-state index < -0.39 is 5.60 Å². The number of piperidine rings is 1. The van der Waals surface area contributed by atoms with E-state index in [1.807, 2.05) is 6.07 Å². The van der Waals surface area contributed by atoms with E-state index in [1.165, 1.54) is 24.8 Å². The molecule has 2 fully saturated rings. The van der Waals surface area contributed by atoms with Crippen molar-refractivity contribution in [3.8, 4) is 0 Å². The number of pyridine rings is 1. The van der Waals surface area contributed by atoms with Gasteiger partial charge in [0.15, 0.2) is 0 Å². The van der Waals surface area contributed by atoms with Gasteiger partial charge in [0.05, 0.1) is 16.8 Å². The van der Waals surface area contributed by atoms with Gasteiger partial charge in [-0.1, -0.05) is 49.2 Å². The molecule has 2 aliphatic rings. The fourth-order valence-corrected chi connectivity index (χ4v) is 5.63. The summed E-state index contributed by atoms with van der Waals surface area (Å²) in [5.74, 6) is 1.34. The van der Waals surface area contributed by atoms with Crippen molar-refractivity contribution in [2.24, 2.45) is 5.92 Å². The molecule has 0 spiro atoms. The normalized spacial score (nSPS) is 28.4. The molecular formula is C24H29N3O. The van der Waals surface area contributed by atoms with Crippen molar-refractivity contribution in [1.82, 2.24) is 14.3 Å². The van der Waals surface area contributed by atoms with Crippen LogP contribution in [0.4, 0.5) is 0 Å². The van der Waals surface area contributed by atoms with Crippen LogP contribution in [-0.2, 0) is 12.1 Å². The van der Waals surface area contributed by atoms with Gasteiger partial charge in [0, 0.05) is 31.2 Å². The SMILES string of the molecule is Cc1nc(CN2CC[C@](O)(c3ccccc3)[C@@H]3CCCC[C@H]32)c2ccccn12. The smallest absolute Gasteiger partial charge is 0.110 e. The van der Waals surface area contributed by atoms with Crippen LogP contribution in [0.3, 0.4) is 0 Å². The number of nitrogens with zero attached hydrogens (tertiary/aromatic N) is 3. The summed E-state index contributed by atoms with van der Waals surface area (Å²) in [6, 6.07) is 17.1. The Morgan fingerprint density at radius 3 is 2.71 bits per heavy atom. The zero-order valence-electron chi connectivity index (χ0n) is 16.6. The summed E-state index contributed by atoms with van der Waals surface area (Å²) >= 11 is 0. The average molecular weight is 376 g/mol. The molecule has 1 saturated heterocycles. The summed E-state index contributed by atoms with van der Waals surface area (Å²) in [4.78, 5) is 7.47. The van der Waals surface area contributed by atoms with E-state index in [-0.39, 0.29) is 0 Å². The number of rotatable bonds is 3. The van der Waals surface area contributed by atoms with Crippen LogP contribution in [0, 0.1) is 12.8 Å². The number of hydrogen-bond donors (Lipinski definition) is 1. The van der Waals surface area contributed by atoms with Crippen molar-refractivity contribution in [3.63, 3.8) is 0 Å². The molecule has 1 aliphatic carbocycles. The molecule has 0 amide bonds. The molecule has 0 bridgehead atoms. The summed E-state index contributed by atoms with van der Waals surface area (Å²) in [6.45, 7) is 3.86. The van der Waals surface area contributed by atoms with Crippen LogP contribution in [-0.4, -0.2) is 32.0 Å². The number of benzene rings is 1. The predicted octanol–water partition coefficient (Wildman–Crippen LogP) is 4.30. The Bertz CT molecular complexity index is 966. The van der Waals surface area contributed by atoms with Crippen LogP contribution in [0.5, 0.6) is 0 Å². The van der Waals surface area contributed by atoms with Crippen molar-refractivity contribution < 1.29 is 5.11 Å². The molecule has 0 radical (unpaired) electrons. The van der Waals surface area contributed by atoms with Gasteiger partial charge in [-0.25, -0.2) is 4.98 Å². The summed E-state index contributed by atoms with van der Waals surface area (Å²) < 4.78 is 2.18. The number of fused-ring (bicyclic) bond motifs is 2. The minimum absolute atomic E-state index is 0.298. The van der Waals surface area contributed by atoms with Gasteiger partial charge in [-0.05, 0) is 43.9 Å². The molecular weight excluding hydrogens is 346 g/mol. The lowest BCUT2D eigenvalue weighted by atomic mass is 9.66. The first-order valence-corrected chi connectivity index (χ1v) is 10.6. The fourth-order valence-electron chi connectivity index (χ4n) is 5.63. The second-order valence-corrected chi connectivity index (χ2v) is 8.53. The fraction of sp³-hybridized carbons (Fsp3) is 0.458. The van der Waals surface area contributed by atoms with Crippen molar-refractivity contribution >= 4 is 5.52 Å². The first-order chi connectivity index (χ1) is 13.7. The highest BCUT2D eigenvalue weighted by Crippen LogP contribution is 2.47. The van der Waals surface area contributed by atoms with Gasteiger partial charge in [-0.3, -0.25) is 4.90 Å². The van der Waals surface area contributed by atoms with Crippen LogP contribution in [0.25, 0.3) is 5.52 Å². The highest BCUT2D eigenvalue weighted by molar-refractivity contribution is 5.53. The second-order valence-electron chi connectivity index (χ2n) is 8.53. The lowest BCUT2D eigenvalue weighted by molar-refractivity contribution is -0.123. The third-order valence-electron chi connectivity index (χ3n) is 7.02. The Morgan fingerprint density at radius 2 is 1.86 bits per heavy atom.